The molecule has 1 aliphatic rings. The first-order chi connectivity index (χ1) is 8.58. The van der Waals surface area contributed by atoms with Gasteiger partial charge in [0, 0.05) is 13.2 Å². The van der Waals surface area contributed by atoms with Crippen molar-refractivity contribution in [1.82, 2.24) is 9.55 Å². The molecule has 0 aromatic carbocycles. The second-order valence-electron chi connectivity index (χ2n) is 4.76. The van der Waals surface area contributed by atoms with Gasteiger partial charge in [0.1, 0.15) is 10.7 Å². The molecule has 3 nitrogen and oxygen atoms in total. The highest BCUT2D eigenvalue weighted by molar-refractivity contribution is 9.10. The average Bonchev–Trinajstić information content (AvgIpc) is 3.13. The molecule has 1 atom stereocenters. The van der Waals surface area contributed by atoms with Crippen LogP contribution in [0.25, 0.3) is 11.0 Å². The zero-order valence-corrected chi connectivity index (χ0v) is 12.2. The molecule has 1 aliphatic carbocycles. The maximum Gasteiger partial charge on any atom is 0.180 e. The third-order valence-corrected chi connectivity index (χ3v) is 4.72. The number of aryl methyl sites for hydroxylation is 1. The van der Waals surface area contributed by atoms with Gasteiger partial charge in [-0.25, -0.2) is 4.98 Å². The number of carbonyl (C=O) groups is 1. The minimum atomic E-state index is -0.0936. The van der Waals surface area contributed by atoms with E-state index < -0.39 is 0 Å². The largest absolute Gasteiger partial charge is 0.348 e. The lowest BCUT2D eigenvalue weighted by Crippen LogP contribution is -2.16. The fraction of sp³-hybridized carbons (Fsp3) is 0.385. The van der Waals surface area contributed by atoms with Crippen molar-refractivity contribution in [3.8, 4) is 0 Å². The highest BCUT2D eigenvalue weighted by atomic mass is 79.9. The van der Waals surface area contributed by atoms with E-state index in [1.807, 2.05) is 23.9 Å². The summed E-state index contributed by atoms with van der Waals surface area (Å²) in [6.45, 7) is 0. The monoisotopic (exact) mass is 326 g/mol. The van der Waals surface area contributed by atoms with Crippen molar-refractivity contribution in [2.24, 2.45) is 13.0 Å². The van der Waals surface area contributed by atoms with Crippen LogP contribution in [0.4, 0.5) is 0 Å². The third-order valence-electron chi connectivity index (χ3n) is 3.35. The minimum absolute atomic E-state index is 0.0936. The predicted octanol–water partition coefficient (Wildman–Crippen LogP) is 3.58. The maximum atomic E-state index is 12.4. The van der Waals surface area contributed by atoms with E-state index in [1.54, 1.807) is 6.07 Å². The second-order valence-corrected chi connectivity index (χ2v) is 6.13. The summed E-state index contributed by atoms with van der Waals surface area (Å²) < 4.78 is 1.92. The van der Waals surface area contributed by atoms with Gasteiger partial charge in [-0.15, -0.1) is 0 Å². The zero-order valence-electron chi connectivity index (χ0n) is 9.86. The Morgan fingerprint density at radius 1 is 1.56 bits per heavy atom. The van der Waals surface area contributed by atoms with Crippen molar-refractivity contribution in [1.29, 1.82) is 0 Å². The number of hydrogen-bond donors (Lipinski definition) is 0. The molecular formula is C13H12BrClN2O. The van der Waals surface area contributed by atoms with Crippen LogP contribution in [0.1, 0.15) is 23.2 Å². The van der Waals surface area contributed by atoms with Crippen molar-refractivity contribution >= 4 is 44.3 Å². The van der Waals surface area contributed by atoms with E-state index in [2.05, 4.69) is 20.9 Å². The van der Waals surface area contributed by atoms with Gasteiger partial charge in [-0.3, -0.25) is 4.79 Å². The van der Waals surface area contributed by atoms with Crippen LogP contribution in [0, 0.1) is 5.92 Å². The summed E-state index contributed by atoms with van der Waals surface area (Å²) >= 11 is 9.42. The molecule has 1 fully saturated rings. The molecule has 5 heteroatoms. The molecule has 2 aromatic heterocycles. The summed E-state index contributed by atoms with van der Waals surface area (Å²) in [4.78, 5) is 16.6. The topological polar surface area (TPSA) is 34.9 Å². The molecule has 1 saturated carbocycles. The normalized spacial score (nSPS) is 17.1. The van der Waals surface area contributed by atoms with Crippen molar-refractivity contribution in [2.75, 3.05) is 0 Å². The van der Waals surface area contributed by atoms with E-state index in [0.717, 1.165) is 18.4 Å². The lowest BCUT2D eigenvalue weighted by molar-refractivity contribution is 0.0986. The van der Waals surface area contributed by atoms with Crippen LogP contribution >= 0.6 is 27.5 Å². The predicted molar refractivity (Wildman–Crippen MR) is 75.5 cm³/mol. The van der Waals surface area contributed by atoms with Gasteiger partial charge >= 0.3 is 0 Å². The Labute approximate surface area is 118 Å². The Morgan fingerprint density at radius 3 is 2.94 bits per heavy atom. The number of fused-ring (bicyclic) bond motifs is 1. The van der Waals surface area contributed by atoms with Gasteiger partial charge in [-0.05, 0) is 30.9 Å². The van der Waals surface area contributed by atoms with E-state index in [4.69, 9.17) is 11.6 Å². The third kappa shape index (κ3) is 1.97. The van der Waals surface area contributed by atoms with Gasteiger partial charge < -0.3 is 4.57 Å². The molecule has 0 N–H and O–H groups in total. The number of carbonyl (C=O) groups excluding carboxylic acids is 1. The number of alkyl halides is 1. The highest BCUT2D eigenvalue weighted by Crippen LogP contribution is 2.39. The number of nitrogens with zero attached hydrogens (tertiary/aromatic N) is 2. The zero-order chi connectivity index (χ0) is 12.9. The molecule has 2 aromatic rings. The summed E-state index contributed by atoms with van der Waals surface area (Å²) in [5, 5.41) is 0.417. The molecule has 0 bridgehead atoms. The Morgan fingerprint density at radius 2 is 2.28 bits per heavy atom. The van der Waals surface area contributed by atoms with Crippen LogP contribution in [0.2, 0.25) is 5.15 Å². The van der Waals surface area contributed by atoms with Gasteiger partial charge in [-0.1, -0.05) is 27.5 Å². The lowest BCUT2D eigenvalue weighted by Gasteiger charge is -2.05. The first-order valence-electron chi connectivity index (χ1n) is 5.88. The number of ketones is 1. The molecule has 18 heavy (non-hydrogen) atoms. The van der Waals surface area contributed by atoms with E-state index in [-0.39, 0.29) is 10.6 Å². The number of hydrogen-bond acceptors (Lipinski definition) is 2. The number of aromatic nitrogens is 2. The van der Waals surface area contributed by atoms with Crippen LogP contribution in [0.5, 0.6) is 0 Å². The average molecular weight is 328 g/mol. The molecular weight excluding hydrogens is 316 g/mol. The fourth-order valence-electron chi connectivity index (χ4n) is 2.17. The number of pyridine rings is 1. The Balaban J connectivity index is 2.10. The number of halogens is 2. The Hall–Kier alpha value is -0.870. The molecule has 2 heterocycles. The molecule has 3 rings (SSSR count). The summed E-state index contributed by atoms with van der Waals surface area (Å²) in [7, 11) is 1.91. The van der Waals surface area contributed by atoms with E-state index in [9.17, 15) is 4.79 Å². The SMILES string of the molecule is Cn1cc(C(=O)C(Br)C2CC2)c2nc(Cl)ccc21. The van der Waals surface area contributed by atoms with E-state index >= 15 is 0 Å². The Bertz CT molecular complexity index is 633. The van der Waals surface area contributed by atoms with Crippen LogP contribution in [-0.4, -0.2) is 20.2 Å². The van der Waals surface area contributed by atoms with E-state index in [1.165, 1.54) is 0 Å². The van der Waals surface area contributed by atoms with Gasteiger partial charge in [0.05, 0.1) is 15.9 Å². The highest BCUT2D eigenvalue weighted by Gasteiger charge is 2.35. The van der Waals surface area contributed by atoms with Crippen molar-refractivity contribution in [3.05, 3.63) is 29.0 Å². The van der Waals surface area contributed by atoms with Crippen LogP contribution in [-0.2, 0) is 7.05 Å². The molecule has 0 saturated heterocycles. The quantitative estimate of drug-likeness (QED) is 0.490. The van der Waals surface area contributed by atoms with Crippen LogP contribution in [0.3, 0.4) is 0 Å². The first-order valence-corrected chi connectivity index (χ1v) is 7.17. The minimum Gasteiger partial charge on any atom is -0.348 e. The number of Topliss-reactive ketones (excluding diaryl/α,β-unsaturated/α-hetero) is 1. The van der Waals surface area contributed by atoms with Crippen molar-refractivity contribution in [3.63, 3.8) is 0 Å². The van der Waals surface area contributed by atoms with Gasteiger partial charge in [0.25, 0.3) is 0 Å². The molecule has 0 spiro atoms. The van der Waals surface area contributed by atoms with Gasteiger partial charge in [-0.2, -0.15) is 0 Å². The van der Waals surface area contributed by atoms with Crippen LogP contribution < -0.4 is 0 Å². The Kier molecular flexibility index (Phi) is 2.94. The molecule has 0 radical (unpaired) electrons. The lowest BCUT2D eigenvalue weighted by atomic mass is 10.1. The molecule has 0 aliphatic heterocycles. The summed E-state index contributed by atoms with van der Waals surface area (Å²) in [5.74, 6) is 0.588. The summed E-state index contributed by atoms with van der Waals surface area (Å²) in [6.07, 6.45) is 4.09. The summed E-state index contributed by atoms with van der Waals surface area (Å²) in [6, 6.07) is 3.63. The van der Waals surface area contributed by atoms with E-state index in [0.29, 0.717) is 22.2 Å². The number of rotatable bonds is 3. The standard InChI is InChI=1S/C13H12BrClN2O/c1-17-6-8(13(18)11(14)7-2-3-7)12-9(17)4-5-10(15)16-12/h4-7,11H,2-3H2,1H3. The summed E-state index contributed by atoms with van der Waals surface area (Å²) in [5.41, 5.74) is 2.28. The molecule has 94 valence electrons. The van der Waals surface area contributed by atoms with Gasteiger partial charge in [0.15, 0.2) is 5.78 Å². The van der Waals surface area contributed by atoms with Crippen molar-refractivity contribution in [2.45, 2.75) is 17.7 Å². The molecule has 1 unspecified atom stereocenters. The smallest absolute Gasteiger partial charge is 0.180 e. The second kappa shape index (κ2) is 4.35. The van der Waals surface area contributed by atoms with Crippen LogP contribution in [0.15, 0.2) is 18.3 Å². The fourth-order valence-corrected chi connectivity index (χ4v) is 3.09. The first kappa shape index (κ1) is 12.2. The maximum absolute atomic E-state index is 12.4. The molecule has 0 amide bonds. The van der Waals surface area contributed by atoms with Gasteiger partial charge in [0.2, 0.25) is 0 Å². The van der Waals surface area contributed by atoms with Crippen molar-refractivity contribution < 1.29 is 4.79 Å².